The van der Waals surface area contributed by atoms with Crippen LogP contribution in [-0.2, 0) is 6.42 Å². The van der Waals surface area contributed by atoms with Crippen molar-refractivity contribution in [2.75, 3.05) is 0 Å². The molecule has 0 bridgehead atoms. The summed E-state index contributed by atoms with van der Waals surface area (Å²) in [6.45, 7) is 0. The molecule has 0 spiro atoms. The molecule has 2 aliphatic carbocycles. The molecule has 0 aromatic carbocycles. The van der Waals surface area contributed by atoms with Crippen LogP contribution in [0, 0.1) is 0 Å². The second-order valence-electron chi connectivity index (χ2n) is 4.51. The van der Waals surface area contributed by atoms with Gasteiger partial charge in [-0.25, -0.2) is 0 Å². The van der Waals surface area contributed by atoms with Crippen LogP contribution in [0.1, 0.15) is 46.9 Å². The molecule has 3 rings (SSSR count). The largest absolute Gasteiger partial charge is 0.321 e. The second kappa shape index (κ2) is 3.14. The topological polar surface area (TPSA) is 56.0 Å². The fourth-order valence-corrected chi connectivity index (χ4v) is 2.16. The van der Waals surface area contributed by atoms with Crippen LogP contribution >= 0.6 is 0 Å². The Morgan fingerprint density at radius 1 is 1.27 bits per heavy atom. The molecular formula is C12H14N2O. The fraction of sp³-hybridized carbons (Fsp3) is 0.500. The normalized spacial score (nSPS) is 25.1. The summed E-state index contributed by atoms with van der Waals surface area (Å²) in [5, 5.41) is 0. The summed E-state index contributed by atoms with van der Waals surface area (Å²) >= 11 is 0. The summed E-state index contributed by atoms with van der Waals surface area (Å²) in [7, 11) is 0. The maximum Gasteiger partial charge on any atom is 0.181 e. The predicted octanol–water partition coefficient (Wildman–Crippen LogP) is 1.42. The molecule has 3 heteroatoms. The van der Waals surface area contributed by atoms with Crippen LogP contribution in [0.3, 0.4) is 0 Å². The van der Waals surface area contributed by atoms with Crippen LogP contribution < -0.4 is 5.73 Å². The number of hydrogen-bond acceptors (Lipinski definition) is 3. The molecule has 1 atom stereocenters. The number of hydrogen-bond donors (Lipinski definition) is 1. The van der Waals surface area contributed by atoms with Gasteiger partial charge in [-0.3, -0.25) is 9.78 Å². The zero-order valence-electron chi connectivity index (χ0n) is 8.57. The third-order valence-electron chi connectivity index (χ3n) is 3.29. The zero-order chi connectivity index (χ0) is 10.4. The van der Waals surface area contributed by atoms with E-state index in [1.807, 2.05) is 12.1 Å². The van der Waals surface area contributed by atoms with Crippen LogP contribution in [0.25, 0.3) is 0 Å². The van der Waals surface area contributed by atoms with Crippen molar-refractivity contribution in [3.8, 4) is 0 Å². The van der Waals surface area contributed by atoms with Crippen molar-refractivity contribution in [3.63, 3.8) is 0 Å². The van der Waals surface area contributed by atoms with Gasteiger partial charge in [-0.1, -0.05) is 0 Å². The van der Waals surface area contributed by atoms with Gasteiger partial charge in [0.15, 0.2) is 5.78 Å². The lowest BCUT2D eigenvalue weighted by Crippen LogP contribution is -2.35. The summed E-state index contributed by atoms with van der Waals surface area (Å²) in [5.41, 5.74) is 8.60. The van der Waals surface area contributed by atoms with Crippen LogP contribution in [0.4, 0.5) is 0 Å². The molecule has 2 N–H and O–H groups in total. The fourth-order valence-electron chi connectivity index (χ4n) is 2.16. The number of Topliss-reactive ketones (excluding diaryl/α,β-unsaturated/α-hetero) is 1. The molecule has 0 saturated heterocycles. The van der Waals surface area contributed by atoms with Gasteiger partial charge in [0, 0.05) is 17.2 Å². The van der Waals surface area contributed by atoms with E-state index in [4.69, 9.17) is 5.73 Å². The lowest BCUT2D eigenvalue weighted by atomic mass is 9.91. The van der Waals surface area contributed by atoms with Gasteiger partial charge < -0.3 is 5.73 Å². The van der Waals surface area contributed by atoms with Gasteiger partial charge in [-0.15, -0.1) is 0 Å². The molecule has 0 amide bonds. The number of aryl methyl sites for hydroxylation is 1. The first-order valence-electron chi connectivity index (χ1n) is 5.55. The third-order valence-corrected chi connectivity index (χ3v) is 3.29. The summed E-state index contributed by atoms with van der Waals surface area (Å²) in [6.07, 6.45) is 4.09. The van der Waals surface area contributed by atoms with Crippen molar-refractivity contribution in [3.05, 3.63) is 29.1 Å². The predicted molar refractivity (Wildman–Crippen MR) is 56.8 cm³/mol. The number of nitrogens with two attached hydrogens (primary N) is 1. The highest BCUT2D eigenvalue weighted by Crippen LogP contribution is 2.39. The Morgan fingerprint density at radius 3 is 2.80 bits per heavy atom. The lowest BCUT2D eigenvalue weighted by Gasteiger charge is -2.19. The Morgan fingerprint density at radius 2 is 2.07 bits per heavy atom. The average molecular weight is 202 g/mol. The maximum atomic E-state index is 11.7. The molecule has 1 heterocycles. The molecular weight excluding hydrogens is 188 g/mol. The van der Waals surface area contributed by atoms with Crippen molar-refractivity contribution in [2.45, 2.75) is 37.6 Å². The van der Waals surface area contributed by atoms with Gasteiger partial charge >= 0.3 is 0 Å². The van der Waals surface area contributed by atoms with E-state index in [-0.39, 0.29) is 11.8 Å². The van der Waals surface area contributed by atoms with E-state index in [1.54, 1.807) is 0 Å². The smallest absolute Gasteiger partial charge is 0.181 e. The summed E-state index contributed by atoms with van der Waals surface area (Å²) in [5.74, 6) is 0.715. The van der Waals surface area contributed by atoms with Crippen molar-refractivity contribution < 1.29 is 4.79 Å². The number of ketones is 1. The lowest BCUT2D eigenvalue weighted by molar-refractivity contribution is 0.0947. The quantitative estimate of drug-likeness (QED) is 0.749. The number of carbonyl (C=O) groups is 1. The van der Waals surface area contributed by atoms with Crippen LogP contribution in [0.15, 0.2) is 12.1 Å². The van der Waals surface area contributed by atoms with E-state index in [9.17, 15) is 4.79 Å². The van der Waals surface area contributed by atoms with E-state index < -0.39 is 0 Å². The minimum Gasteiger partial charge on any atom is -0.321 e. The molecule has 78 valence electrons. The van der Waals surface area contributed by atoms with Crippen LogP contribution in [0.5, 0.6) is 0 Å². The molecule has 1 unspecified atom stereocenters. The highest BCUT2D eigenvalue weighted by atomic mass is 16.1. The Bertz CT molecular complexity index is 424. The van der Waals surface area contributed by atoms with Crippen LogP contribution in [-0.4, -0.2) is 16.8 Å². The van der Waals surface area contributed by atoms with Crippen molar-refractivity contribution in [2.24, 2.45) is 5.73 Å². The molecule has 1 aromatic heterocycles. The van der Waals surface area contributed by atoms with Crippen molar-refractivity contribution >= 4 is 5.78 Å². The number of nitrogens with zero attached hydrogens (tertiary/aromatic N) is 1. The zero-order valence-corrected chi connectivity index (χ0v) is 8.57. The summed E-state index contributed by atoms with van der Waals surface area (Å²) in [6, 6.07) is 3.59. The summed E-state index contributed by atoms with van der Waals surface area (Å²) in [4.78, 5) is 16.3. The molecule has 2 aliphatic rings. The van der Waals surface area contributed by atoms with E-state index in [0.29, 0.717) is 5.92 Å². The Labute approximate surface area is 88.7 Å². The van der Waals surface area contributed by atoms with Gasteiger partial charge in [-0.05, 0) is 37.8 Å². The van der Waals surface area contributed by atoms with Gasteiger partial charge in [0.25, 0.3) is 0 Å². The summed E-state index contributed by atoms with van der Waals surface area (Å²) < 4.78 is 0. The Hall–Kier alpha value is -1.22. The van der Waals surface area contributed by atoms with Crippen molar-refractivity contribution in [1.82, 2.24) is 4.98 Å². The van der Waals surface area contributed by atoms with E-state index in [0.717, 1.165) is 29.8 Å². The SMILES string of the molecule is NC1CCc2nc(C3CC3)ccc2C1=O. The number of rotatable bonds is 1. The minimum atomic E-state index is -0.314. The van der Waals surface area contributed by atoms with Gasteiger partial charge in [-0.2, -0.15) is 0 Å². The van der Waals surface area contributed by atoms with Crippen LogP contribution in [0.2, 0.25) is 0 Å². The first kappa shape index (κ1) is 9.04. The minimum absolute atomic E-state index is 0.0612. The average Bonchev–Trinajstić information content (AvgIpc) is 3.07. The Balaban J connectivity index is 2.01. The molecule has 0 radical (unpaired) electrons. The molecule has 15 heavy (non-hydrogen) atoms. The van der Waals surface area contributed by atoms with Crippen molar-refractivity contribution in [1.29, 1.82) is 0 Å². The van der Waals surface area contributed by atoms with Gasteiger partial charge in [0.2, 0.25) is 0 Å². The number of carbonyl (C=O) groups excluding carboxylic acids is 1. The number of aromatic nitrogens is 1. The van der Waals surface area contributed by atoms with E-state index in [1.165, 1.54) is 12.8 Å². The number of pyridine rings is 1. The molecule has 3 nitrogen and oxygen atoms in total. The number of fused-ring (bicyclic) bond motifs is 1. The van der Waals surface area contributed by atoms with Gasteiger partial charge in [0.05, 0.1) is 11.7 Å². The Kier molecular flexibility index (Phi) is 1.89. The third kappa shape index (κ3) is 1.47. The van der Waals surface area contributed by atoms with E-state index >= 15 is 0 Å². The monoisotopic (exact) mass is 202 g/mol. The second-order valence-corrected chi connectivity index (χ2v) is 4.51. The first-order valence-corrected chi connectivity index (χ1v) is 5.55. The van der Waals surface area contributed by atoms with Gasteiger partial charge in [0.1, 0.15) is 0 Å². The molecule has 1 aromatic rings. The molecule has 1 fully saturated rings. The molecule has 0 aliphatic heterocycles. The first-order chi connectivity index (χ1) is 7.25. The highest BCUT2D eigenvalue weighted by Gasteiger charge is 2.29. The maximum absolute atomic E-state index is 11.7. The molecule has 1 saturated carbocycles. The van der Waals surface area contributed by atoms with E-state index in [2.05, 4.69) is 4.98 Å². The highest BCUT2D eigenvalue weighted by molar-refractivity contribution is 6.01. The standard InChI is InChI=1S/C12H14N2O/c13-9-4-6-11-8(12(9)15)3-5-10(14-11)7-1-2-7/h3,5,7,9H,1-2,4,6,13H2.